The maximum atomic E-state index is 13.3. The number of ether oxygens (including phenoxy) is 2. The lowest BCUT2D eigenvalue weighted by Crippen LogP contribution is -2.36. The first-order valence-corrected chi connectivity index (χ1v) is 10.1. The summed E-state index contributed by atoms with van der Waals surface area (Å²) in [6.45, 7) is 4.18. The van der Waals surface area contributed by atoms with Crippen molar-refractivity contribution in [2.24, 2.45) is 0 Å². The Morgan fingerprint density at radius 1 is 1.04 bits per heavy atom. The molecule has 1 heterocycles. The largest absolute Gasteiger partial charge is 0.497 e. The average Bonchev–Trinajstić information content (AvgIpc) is 2.65. The Hall–Kier alpha value is -2.38. The minimum Gasteiger partial charge on any atom is -0.497 e. The van der Waals surface area contributed by atoms with Gasteiger partial charge in [-0.2, -0.15) is 4.31 Å². The second-order valence-electron chi connectivity index (χ2n) is 6.65. The van der Waals surface area contributed by atoms with Crippen molar-refractivity contribution in [1.82, 2.24) is 4.31 Å². The van der Waals surface area contributed by atoms with E-state index in [1.54, 1.807) is 45.2 Å². The van der Waals surface area contributed by atoms with Crippen LogP contribution >= 0.6 is 0 Å². The number of methoxy groups -OCH3 is 2. The Bertz CT molecular complexity index is 974. The molecule has 1 aliphatic rings. The molecule has 0 N–H and O–H groups in total. The van der Waals surface area contributed by atoms with E-state index in [0.29, 0.717) is 40.3 Å². The van der Waals surface area contributed by atoms with Crippen molar-refractivity contribution in [1.29, 1.82) is 0 Å². The smallest absolute Gasteiger partial charge is 0.337 e. The molecule has 0 spiro atoms. The van der Waals surface area contributed by atoms with E-state index in [1.807, 2.05) is 6.07 Å². The Morgan fingerprint density at radius 2 is 1.70 bits per heavy atom. The highest BCUT2D eigenvalue weighted by molar-refractivity contribution is 7.89. The molecule has 0 unspecified atom stereocenters. The van der Waals surface area contributed by atoms with Crippen molar-refractivity contribution in [3.8, 4) is 5.75 Å². The third kappa shape index (κ3) is 3.57. The summed E-state index contributed by atoms with van der Waals surface area (Å²) in [6.07, 6.45) is 0.601. The van der Waals surface area contributed by atoms with Crippen LogP contribution in [0.25, 0.3) is 0 Å². The third-order valence-electron chi connectivity index (χ3n) is 4.87. The van der Waals surface area contributed by atoms with Crippen LogP contribution in [0.3, 0.4) is 0 Å². The first-order chi connectivity index (χ1) is 12.8. The topological polar surface area (TPSA) is 72.9 Å². The number of sulfonamides is 1. The van der Waals surface area contributed by atoms with Gasteiger partial charge in [0.05, 0.1) is 24.7 Å². The third-order valence-corrected chi connectivity index (χ3v) is 7.02. The number of carbonyl (C=O) groups is 1. The van der Waals surface area contributed by atoms with Gasteiger partial charge in [0.2, 0.25) is 10.0 Å². The maximum absolute atomic E-state index is 13.3. The normalized spacial score (nSPS) is 14.5. The molecule has 0 saturated heterocycles. The van der Waals surface area contributed by atoms with Crippen LogP contribution < -0.4 is 4.74 Å². The molecule has 0 bridgehead atoms. The van der Waals surface area contributed by atoms with Crippen LogP contribution in [0.4, 0.5) is 0 Å². The molecule has 0 saturated carbocycles. The van der Waals surface area contributed by atoms with E-state index in [0.717, 1.165) is 11.1 Å². The number of fused-ring (bicyclic) bond motifs is 1. The lowest BCUT2D eigenvalue weighted by molar-refractivity contribution is 0.0600. The van der Waals surface area contributed by atoms with Crippen molar-refractivity contribution in [2.45, 2.75) is 31.7 Å². The van der Waals surface area contributed by atoms with E-state index in [9.17, 15) is 13.2 Å². The predicted octanol–water partition coefficient (Wildman–Crippen LogP) is 2.85. The summed E-state index contributed by atoms with van der Waals surface area (Å²) in [7, 11) is -0.783. The van der Waals surface area contributed by atoms with E-state index < -0.39 is 16.0 Å². The molecular formula is C20H23NO5S. The number of carbonyl (C=O) groups excluding carboxylic acids is 1. The van der Waals surface area contributed by atoms with Crippen LogP contribution in [0, 0.1) is 13.8 Å². The highest BCUT2D eigenvalue weighted by Crippen LogP contribution is 2.31. The second-order valence-corrected chi connectivity index (χ2v) is 8.53. The van der Waals surface area contributed by atoms with Crippen molar-refractivity contribution in [3.05, 3.63) is 58.1 Å². The number of hydrogen-bond acceptors (Lipinski definition) is 5. The fraction of sp³-hybridized carbons (Fsp3) is 0.350. The zero-order chi connectivity index (χ0) is 19.8. The van der Waals surface area contributed by atoms with Crippen LogP contribution in [0.5, 0.6) is 5.75 Å². The molecule has 7 heteroatoms. The molecule has 3 rings (SSSR count). The van der Waals surface area contributed by atoms with E-state index >= 15 is 0 Å². The van der Waals surface area contributed by atoms with E-state index in [4.69, 9.17) is 9.47 Å². The van der Waals surface area contributed by atoms with Gasteiger partial charge in [-0.1, -0.05) is 6.07 Å². The van der Waals surface area contributed by atoms with Gasteiger partial charge in [-0.3, -0.25) is 0 Å². The minimum absolute atomic E-state index is 0.230. The van der Waals surface area contributed by atoms with Gasteiger partial charge in [-0.05, 0) is 66.8 Å². The quantitative estimate of drug-likeness (QED) is 0.752. The minimum atomic E-state index is -3.67. The van der Waals surface area contributed by atoms with Crippen molar-refractivity contribution in [2.75, 3.05) is 20.8 Å². The number of aryl methyl sites for hydroxylation is 2. The Kier molecular flexibility index (Phi) is 5.26. The first kappa shape index (κ1) is 19.4. The number of benzene rings is 2. The SMILES string of the molecule is COC(=O)c1ccc2c(c1)CN(S(=O)(=O)c1c(C)cc(OC)cc1C)CC2. The molecule has 0 atom stereocenters. The standard InChI is InChI=1S/C20H23NO5S/c1-13-9-18(25-3)10-14(2)19(13)27(23,24)21-8-7-15-5-6-16(20(22)26-4)11-17(15)12-21/h5-6,9-11H,7-8,12H2,1-4H3. The fourth-order valence-corrected chi connectivity index (χ4v) is 5.38. The van der Waals surface area contributed by atoms with Crippen LogP contribution in [-0.4, -0.2) is 39.5 Å². The van der Waals surface area contributed by atoms with Gasteiger partial charge in [-0.25, -0.2) is 13.2 Å². The van der Waals surface area contributed by atoms with Gasteiger partial charge in [0.1, 0.15) is 5.75 Å². The van der Waals surface area contributed by atoms with Gasteiger partial charge >= 0.3 is 5.97 Å². The van der Waals surface area contributed by atoms with E-state index in [1.165, 1.54) is 11.4 Å². The Labute approximate surface area is 159 Å². The summed E-state index contributed by atoms with van der Waals surface area (Å²) in [5.41, 5.74) is 3.61. The van der Waals surface area contributed by atoms with Crippen molar-refractivity contribution < 1.29 is 22.7 Å². The van der Waals surface area contributed by atoms with Gasteiger partial charge in [0, 0.05) is 13.1 Å². The lowest BCUT2D eigenvalue weighted by Gasteiger charge is -2.29. The van der Waals surface area contributed by atoms with Crippen LogP contribution in [0.1, 0.15) is 32.6 Å². The Balaban J connectivity index is 1.98. The molecule has 0 amide bonds. The second kappa shape index (κ2) is 7.32. The Morgan fingerprint density at radius 3 is 2.30 bits per heavy atom. The maximum Gasteiger partial charge on any atom is 0.337 e. The first-order valence-electron chi connectivity index (χ1n) is 8.63. The van der Waals surface area contributed by atoms with Crippen LogP contribution in [0.2, 0.25) is 0 Å². The highest BCUT2D eigenvalue weighted by Gasteiger charge is 2.31. The molecular weight excluding hydrogens is 366 g/mol. The van der Waals surface area contributed by atoms with Crippen LogP contribution in [0.15, 0.2) is 35.2 Å². The van der Waals surface area contributed by atoms with Gasteiger partial charge in [-0.15, -0.1) is 0 Å². The van der Waals surface area contributed by atoms with Gasteiger partial charge in [0.25, 0.3) is 0 Å². The monoisotopic (exact) mass is 389 g/mol. The highest BCUT2D eigenvalue weighted by atomic mass is 32.2. The molecule has 6 nitrogen and oxygen atoms in total. The number of nitrogens with zero attached hydrogens (tertiary/aromatic N) is 1. The lowest BCUT2D eigenvalue weighted by atomic mass is 9.98. The van der Waals surface area contributed by atoms with E-state index in [-0.39, 0.29) is 6.54 Å². The fourth-order valence-electron chi connectivity index (χ4n) is 3.55. The summed E-state index contributed by atoms with van der Waals surface area (Å²) in [6, 6.07) is 8.76. The molecule has 0 fully saturated rings. The molecule has 2 aromatic carbocycles. The summed E-state index contributed by atoms with van der Waals surface area (Å²) in [5.74, 6) is 0.204. The van der Waals surface area contributed by atoms with E-state index in [2.05, 4.69) is 0 Å². The molecule has 0 radical (unpaired) electrons. The summed E-state index contributed by atoms with van der Waals surface area (Å²) >= 11 is 0. The molecule has 0 aliphatic carbocycles. The molecule has 144 valence electrons. The summed E-state index contributed by atoms with van der Waals surface area (Å²) in [5, 5.41) is 0. The summed E-state index contributed by atoms with van der Waals surface area (Å²) < 4.78 is 38.1. The number of rotatable bonds is 4. The zero-order valence-corrected chi connectivity index (χ0v) is 16.7. The average molecular weight is 389 g/mol. The number of hydrogen-bond donors (Lipinski definition) is 0. The zero-order valence-electron chi connectivity index (χ0n) is 15.9. The molecule has 2 aromatic rings. The van der Waals surface area contributed by atoms with Gasteiger partial charge < -0.3 is 9.47 Å². The summed E-state index contributed by atoms with van der Waals surface area (Å²) in [4.78, 5) is 12.1. The predicted molar refractivity (Wildman–Crippen MR) is 102 cm³/mol. The molecule has 27 heavy (non-hydrogen) atoms. The van der Waals surface area contributed by atoms with Gasteiger partial charge in [0.15, 0.2) is 0 Å². The number of esters is 1. The molecule has 0 aromatic heterocycles. The van der Waals surface area contributed by atoms with Crippen molar-refractivity contribution in [3.63, 3.8) is 0 Å². The molecule has 1 aliphatic heterocycles. The van der Waals surface area contributed by atoms with Crippen LogP contribution in [-0.2, 0) is 27.7 Å². The van der Waals surface area contributed by atoms with Crippen molar-refractivity contribution >= 4 is 16.0 Å².